The first-order valence-electron chi connectivity index (χ1n) is 7.30. The van der Waals surface area contributed by atoms with Crippen molar-refractivity contribution in [3.8, 4) is 11.4 Å². The quantitative estimate of drug-likeness (QED) is 0.784. The van der Waals surface area contributed by atoms with Gasteiger partial charge in [-0.25, -0.2) is 0 Å². The molecule has 0 unspecified atom stereocenters. The second kappa shape index (κ2) is 6.01. The molecular formula is C16H19N5O. The van der Waals surface area contributed by atoms with Gasteiger partial charge in [-0.3, -0.25) is 5.10 Å². The van der Waals surface area contributed by atoms with E-state index in [1.54, 1.807) is 0 Å². The molecule has 2 heterocycles. The number of hydrogen-bond donors (Lipinski definition) is 1. The van der Waals surface area contributed by atoms with E-state index in [4.69, 9.17) is 4.52 Å². The highest BCUT2D eigenvalue weighted by molar-refractivity contribution is 5.59. The average molecular weight is 297 g/mol. The van der Waals surface area contributed by atoms with E-state index >= 15 is 0 Å². The van der Waals surface area contributed by atoms with E-state index in [2.05, 4.69) is 51.3 Å². The molecule has 0 atom stereocenters. The third-order valence-electron chi connectivity index (χ3n) is 3.60. The number of nitrogens with one attached hydrogen (secondary N) is 1. The Bertz CT molecular complexity index is 744. The van der Waals surface area contributed by atoms with E-state index in [1.807, 2.05) is 25.1 Å². The Morgan fingerprint density at radius 2 is 2.00 bits per heavy atom. The molecule has 1 aromatic carbocycles. The van der Waals surface area contributed by atoms with Gasteiger partial charge in [0.15, 0.2) is 0 Å². The van der Waals surface area contributed by atoms with Gasteiger partial charge in [0.25, 0.3) is 0 Å². The molecule has 2 aromatic heterocycles. The smallest absolute Gasteiger partial charge is 0.233 e. The van der Waals surface area contributed by atoms with E-state index < -0.39 is 0 Å². The highest BCUT2D eigenvalue weighted by Crippen LogP contribution is 2.21. The lowest BCUT2D eigenvalue weighted by Crippen LogP contribution is -2.15. The molecule has 3 rings (SSSR count). The zero-order valence-electron chi connectivity index (χ0n) is 13.0. The summed E-state index contributed by atoms with van der Waals surface area (Å²) in [5, 5.41) is 11.1. The second-order valence-corrected chi connectivity index (χ2v) is 5.29. The van der Waals surface area contributed by atoms with Crippen LogP contribution in [0.4, 0.5) is 5.69 Å². The Kier molecular flexibility index (Phi) is 3.91. The SMILES string of the molecule is CCN(C)c1ccc(-c2noc(Cc3cc(C)[nH]n3)n2)cc1. The number of aromatic nitrogens is 4. The average Bonchev–Trinajstić information content (AvgIpc) is 3.16. The van der Waals surface area contributed by atoms with Gasteiger partial charge in [0.05, 0.1) is 12.1 Å². The second-order valence-electron chi connectivity index (χ2n) is 5.29. The summed E-state index contributed by atoms with van der Waals surface area (Å²) < 4.78 is 5.31. The summed E-state index contributed by atoms with van der Waals surface area (Å²) in [6.07, 6.45) is 0.536. The van der Waals surface area contributed by atoms with Crippen molar-refractivity contribution in [2.45, 2.75) is 20.3 Å². The van der Waals surface area contributed by atoms with E-state index in [0.29, 0.717) is 18.1 Å². The van der Waals surface area contributed by atoms with Crippen molar-refractivity contribution in [3.05, 3.63) is 47.6 Å². The maximum atomic E-state index is 5.31. The van der Waals surface area contributed by atoms with E-state index in [0.717, 1.165) is 23.5 Å². The molecule has 0 amide bonds. The van der Waals surface area contributed by atoms with Crippen molar-refractivity contribution in [3.63, 3.8) is 0 Å². The fraction of sp³-hybridized carbons (Fsp3) is 0.312. The van der Waals surface area contributed by atoms with Gasteiger partial charge in [-0.15, -0.1) is 0 Å². The minimum Gasteiger partial charge on any atom is -0.375 e. The lowest BCUT2D eigenvalue weighted by Gasteiger charge is -2.16. The summed E-state index contributed by atoms with van der Waals surface area (Å²) in [7, 11) is 2.06. The van der Waals surface area contributed by atoms with Gasteiger partial charge < -0.3 is 9.42 Å². The molecule has 0 bridgehead atoms. The standard InChI is InChI=1S/C16H19N5O/c1-4-21(3)14-7-5-12(6-8-14)16-17-15(22-20-16)10-13-9-11(2)18-19-13/h5-9H,4,10H2,1-3H3,(H,18,19). The summed E-state index contributed by atoms with van der Waals surface area (Å²) in [5.41, 5.74) is 4.03. The van der Waals surface area contributed by atoms with Crippen LogP contribution < -0.4 is 4.90 Å². The number of nitrogens with zero attached hydrogens (tertiary/aromatic N) is 4. The molecule has 0 radical (unpaired) electrons. The van der Waals surface area contributed by atoms with Gasteiger partial charge in [0, 0.05) is 30.5 Å². The number of anilines is 1. The normalized spacial score (nSPS) is 10.9. The number of aryl methyl sites for hydroxylation is 1. The van der Waals surface area contributed by atoms with Crippen LogP contribution >= 0.6 is 0 Å². The van der Waals surface area contributed by atoms with Crippen molar-refractivity contribution in [1.82, 2.24) is 20.3 Å². The van der Waals surface area contributed by atoms with Crippen molar-refractivity contribution in [1.29, 1.82) is 0 Å². The van der Waals surface area contributed by atoms with Crippen LogP contribution in [0.25, 0.3) is 11.4 Å². The van der Waals surface area contributed by atoms with Gasteiger partial charge in [-0.2, -0.15) is 10.1 Å². The van der Waals surface area contributed by atoms with E-state index in [-0.39, 0.29) is 0 Å². The highest BCUT2D eigenvalue weighted by atomic mass is 16.5. The maximum absolute atomic E-state index is 5.31. The predicted molar refractivity (Wildman–Crippen MR) is 84.8 cm³/mol. The number of rotatable bonds is 5. The Morgan fingerprint density at radius 1 is 1.23 bits per heavy atom. The zero-order chi connectivity index (χ0) is 15.5. The molecule has 114 valence electrons. The fourth-order valence-electron chi connectivity index (χ4n) is 2.21. The molecule has 0 aliphatic rings. The molecule has 22 heavy (non-hydrogen) atoms. The minimum atomic E-state index is 0.536. The number of H-pyrrole nitrogens is 1. The number of hydrogen-bond acceptors (Lipinski definition) is 5. The van der Waals surface area contributed by atoms with Crippen molar-refractivity contribution in [2.24, 2.45) is 0 Å². The molecule has 0 saturated heterocycles. The maximum Gasteiger partial charge on any atom is 0.233 e. The summed E-state index contributed by atoms with van der Waals surface area (Å²) in [5.74, 6) is 1.17. The van der Waals surface area contributed by atoms with Crippen LogP contribution in [0.5, 0.6) is 0 Å². The van der Waals surface area contributed by atoms with Crippen LogP contribution in [-0.2, 0) is 6.42 Å². The summed E-state index contributed by atoms with van der Waals surface area (Å²) in [4.78, 5) is 6.61. The molecule has 0 fully saturated rings. The Balaban J connectivity index is 1.75. The van der Waals surface area contributed by atoms with Gasteiger partial charge in [-0.05, 0) is 44.2 Å². The fourth-order valence-corrected chi connectivity index (χ4v) is 2.21. The first kappa shape index (κ1) is 14.3. The van der Waals surface area contributed by atoms with Gasteiger partial charge in [0.2, 0.25) is 11.7 Å². The largest absolute Gasteiger partial charge is 0.375 e. The third kappa shape index (κ3) is 3.00. The van der Waals surface area contributed by atoms with Crippen LogP contribution in [0.1, 0.15) is 24.2 Å². The summed E-state index contributed by atoms with van der Waals surface area (Å²) >= 11 is 0. The Morgan fingerprint density at radius 3 is 2.64 bits per heavy atom. The van der Waals surface area contributed by atoms with E-state index in [9.17, 15) is 0 Å². The molecule has 0 aliphatic carbocycles. The topological polar surface area (TPSA) is 70.8 Å². The van der Waals surface area contributed by atoms with Gasteiger partial charge >= 0.3 is 0 Å². The molecule has 6 nitrogen and oxygen atoms in total. The van der Waals surface area contributed by atoms with Crippen LogP contribution in [0, 0.1) is 6.92 Å². The van der Waals surface area contributed by atoms with Crippen LogP contribution in [0.2, 0.25) is 0 Å². The lowest BCUT2D eigenvalue weighted by atomic mass is 10.2. The molecule has 6 heteroatoms. The number of aromatic amines is 1. The molecule has 3 aromatic rings. The lowest BCUT2D eigenvalue weighted by molar-refractivity contribution is 0.385. The molecule has 0 aliphatic heterocycles. The van der Waals surface area contributed by atoms with Crippen molar-refractivity contribution >= 4 is 5.69 Å². The van der Waals surface area contributed by atoms with Crippen LogP contribution in [-0.4, -0.2) is 33.9 Å². The highest BCUT2D eigenvalue weighted by Gasteiger charge is 2.11. The summed E-state index contributed by atoms with van der Waals surface area (Å²) in [6.45, 7) is 5.05. The summed E-state index contributed by atoms with van der Waals surface area (Å²) in [6, 6.07) is 10.1. The molecule has 0 saturated carbocycles. The van der Waals surface area contributed by atoms with Crippen LogP contribution in [0.3, 0.4) is 0 Å². The molecule has 0 spiro atoms. The van der Waals surface area contributed by atoms with Crippen molar-refractivity contribution < 1.29 is 4.52 Å². The Hall–Kier alpha value is -2.63. The van der Waals surface area contributed by atoms with Crippen molar-refractivity contribution in [2.75, 3.05) is 18.5 Å². The molecular weight excluding hydrogens is 278 g/mol. The first-order chi connectivity index (χ1) is 10.7. The predicted octanol–water partition coefficient (Wildman–Crippen LogP) is 2.82. The monoisotopic (exact) mass is 297 g/mol. The number of benzene rings is 1. The van der Waals surface area contributed by atoms with Gasteiger partial charge in [0.1, 0.15) is 0 Å². The van der Waals surface area contributed by atoms with Crippen LogP contribution in [0.15, 0.2) is 34.9 Å². The van der Waals surface area contributed by atoms with E-state index in [1.165, 1.54) is 5.69 Å². The zero-order valence-corrected chi connectivity index (χ0v) is 13.0. The van der Waals surface area contributed by atoms with Gasteiger partial charge in [-0.1, -0.05) is 5.16 Å². The Labute approximate surface area is 129 Å². The molecule has 1 N–H and O–H groups in total. The first-order valence-corrected chi connectivity index (χ1v) is 7.30. The third-order valence-corrected chi connectivity index (χ3v) is 3.60. The minimum absolute atomic E-state index is 0.536.